The minimum absolute atomic E-state index is 0.707. The lowest BCUT2D eigenvalue weighted by Gasteiger charge is -2.07. The van der Waals surface area contributed by atoms with E-state index in [1.807, 2.05) is 29.4 Å². The normalized spacial score (nSPS) is 11.1. The molecule has 1 N–H and O–H groups in total. The first-order chi connectivity index (χ1) is 8.63. The molecule has 2 aromatic rings. The van der Waals surface area contributed by atoms with Gasteiger partial charge in [0.15, 0.2) is 0 Å². The number of nitrogens with zero attached hydrogens (tertiary/aromatic N) is 4. The SMILES string of the molecule is CCn1nc(C)c(Cl)c1CNCc1ccnn1C. The molecule has 0 aromatic carbocycles. The van der Waals surface area contributed by atoms with Crippen molar-refractivity contribution in [2.45, 2.75) is 33.5 Å². The zero-order valence-electron chi connectivity index (χ0n) is 10.9. The van der Waals surface area contributed by atoms with E-state index in [0.717, 1.165) is 35.2 Å². The Balaban J connectivity index is 2.00. The molecule has 0 bridgehead atoms. The van der Waals surface area contributed by atoms with Crippen LogP contribution >= 0.6 is 11.6 Å². The summed E-state index contributed by atoms with van der Waals surface area (Å²) in [5.41, 5.74) is 3.07. The fraction of sp³-hybridized carbons (Fsp3) is 0.500. The molecule has 2 aromatic heterocycles. The lowest BCUT2D eigenvalue weighted by Crippen LogP contribution is -2.18. The van der Waals surface area contributed by atoms with Crippen molar-refractivity contribution in [3.05, 3.63) is 34.4 Å². The zero-order chi connectivity index (χ0) is 13.1. The van der Waals surface area contributed by atoms with Crippen LogP contribution in [-0.4, -0.2) is 19.6 Å². The second-order valence-corrected chi connectivity index (χ2v) is 4.59. The number of hydrogen-bond acceptors (Lipinski definition) is 3. The number of aromatic nitrogens is 4. The van der Waals surface area contributed by atoms with Crippen molar-refractivity contribution in [1.82, 2.24) is 24.9 Å². The average molecular weight is 268 g/mol. The van der Waals surface area contributed by atoms with Gasteiger partial charge in [-0.2, -0.15) is 10.2 Å². The molecule has 0 spiro atoms. The van der Waals surface area contributed by atoms with Gasteiger partial charge >= 0.3 is 0 Å². The third kappa shape index (κ3) is 2.57. The first kappa shape index (κ1) is 13.1. The van der Waals surface area contributed by atoms with Crippen LogP contribution in [0.5, 0.6) is 0 Å². The van der Waals surface area contributed by atoms with Crippen LogP contribution in [0.3, 0.4) is 0 Å². The molecule has 0 radical (unpaired) electrons. The van der Waals surface area contributed by atoms with E-state index in [0.29, 0.717) is 6.54 Å². The minimum Gasteiger partial charge on any atom is -0.305 e. The number of hydrogen-bond donors (Lipinski definition) is 1. The van der Waals surface area contributed by atoms with E-state index in [4.69, 9.17) is 11.6 Å². The van der Waals surface area contributed by atoms with Crippen molar-refractivity contribution in [1.29, 1.82) is 0 Å². The first-order valence-corrected chi connectivity index (χ1v) is 6.40. The van der Waals surface area contributed by atoms with E-state index in [-0.39, 0.29) is 0 Å². The highest BCUT2D eigenvalue weighted by Crippen LogP contribution is 2.19. The smallest absolute Gasteiger partial charge is 0.0860 e. The molecule has 0 aliphatic rings. The summed E-state index contributed by atoms with van der Waals surface area (Å²) in [6.45, 7) is 6.29. The summed E-state index contributed by atoms with van der Waals surface area (Å²) in [5, 5.41) is 12.6. The maximum absolute atomic E-state index is 6.24. The summed E-state index contributed by atoms with van der Waals surface area (Å²) >= 11 is 6.24. The molecular formula is C12H18ClN5. The summed E-state index contributed by atoms with van der Waals surface area (Å²) in [5.74, 6) is 0. The van der Waals surface area contributed by atoms with Crippen LogP contribution < -0.4 is 5.32 Å². The van der Waals surface area contributed by atoms with Gasteiger partial charge in [0.2, 0.25) is 0 Å². The first-order valence-electron chi connectivity index (χ1n) is 6.02. The molecular weight excluding hydrogens is 250 g/mol. The van der Waals surface area contributed by atoms with Gasteiger partial charge in [-0.15, -0.1) is 0 Å². The van der Waals surface area contributed by atoms with Crippen molar-refractivity contribution < 1.29 is 0 Å². The predicted octanol–water partition coefficient (Wildman–Crippen LogP) is 1.89. The van der Waals surface area contributed by atoms with Crippen LogP contribution in [0, 0.1) is 6.92 Å². The Morgan fingerprint density at radius 1 is 1.39 bits per heavy atom. The van der Waals surface area contributed by atoms with Gasteiger partial charge in [-0.1, -0.05) is 11.6 Å². The van der Waals surface area contributed by atoms with Gasteiger partial charge in [0, 0.05) is 32.9 Å². The van der Waals surface area contributed by atoms with Crippen molar-refractivity contribution in [2.75, 3.05) is 0 Å². The largest absolute Gasteiger partial charge is 0.305 e. The standard InChI is InChI=1S/C12H18ClN5/c1-4-18-11(12(13)9(2)16-18)8-14-7-10-5-6-15-17(10)3/h5-6,14H,4,7-8H2,1-3H3. The van der Waals surface area contributed by atoms with Gasteiger partial charge in [-0.25, -0.2) is 0 Å². The fourth-order valence-electron chi connectivity index (χ4n) is 1.92. The Bertz CT molecular complexity index is 529. The Kier molecular flexibility index (Phi) is 4.04. The summed E-state index contributed by atoms with van der Waals surface area (Å²) in [6.07, 6.45) is 1.80. The van der Waals surface area contributed by atoms with Crippen LogP contribution in [0.15, 0.2) is 12.3 Å². The molecule has 18 heavy (non-hydrogen) atoms. The number of nitrogens with one attached hydrogen (secondary N) is 1. The molecule has 98 valence electrons. The summed E-state index contributed by atoms with van der Waals surface area (Å²) in [6, 6.07) is 2.00. The van der Waals surface area contributed by atoms with E-state index in [1.165, 1.54) is 0 Å². The minimum atomic E-state index is 0.707. The Hall–Kier alpha value is -1.33. The lowest BCUT2D eigenvalue weighted by atomic mass is 10.3. The van der Waals surface area contributed by atoms with Crippen LogP contribution in [0.1, 0.15) is 24.0 Å². The molecule has 6 heteroatoms. The van der Waals surface area contributed by atoms with Crippen molar-refractivity contribution in [3.8, 4) is 0 Å². The van der Waals surface area contributed by atoms with E-state index >= 15 is 0 Å². The predicted molar refractivity (Wildman–Crippen MR) is 71.4 cm³/mol. The van der Waals surface area contributed by atoms with E-state index in [1.54, 1.807) is 6.20 Å². The van der Waals surface area contributed by atoms with Crippen molar-refractivity contribution in [3.63, 3.8) is 0 Å². The highest BCUT2D eigenvalue weighted by atomic mass is 35.5. The number of rotatable bonds is 5. The highest BCUT2D eigenvalue weighted by molar-refractivity contribution is 6.31. The second kappa shape index (κ2) is 5.54. The molecule has 0 fully saturated rings. The molecule has 2 rings (SSSR count). The molecule has 0 saturated carbocycles. The molecule has 0 aliphatic carbocycles. The summed E-state index contributed by atoms with van der Waals surface area (Å²) in [4.78, 5) is 0. The highest BCUT2D eigenvalue weighted by Gasteiger charge is 2.11. The summed E-state index contributed by atoms with van der Waals surface area (Å²) < 4.78 is 3.80. The molecule has 0 saturated heterocycles. The van der Waals surface area contributed by atoms with Crippen LogP contribution in [0.2, 0.25) is 5.02 Å². The van der Waals surface area contributed by atoms with Gasteiger partial charge in [-0.05, 0) is 19.9 Å². The molecule has 2 heterocycles. The number of halogens is 1. The Morgan fingerprint density at radius 2 is 2.17 bits per heavy atom. The van der Waals surface area contributed by atoms with Crippen LogP contribution in [-0.2, 0) is 26.7 Å². The second-order valence-electron chi connectivity index (χ2n) is 4.21. The maximum Gasteiger partial charge on any atom is 0.0860 e. The fourth-order valence-corrected chi connectivity index (χ4v) is 2.12. The maximum atomic E-state index is 6.24. The van der Waals surface area contributed by atoms with Gasteiger partial charge in [0.25, 0.3) is 0 Å². The van der Waals surface area contributed by atoms with Gasteiger partial charge in [0.1, 0.15) is 0 Å². The average Bonchev–Trinajstić information content (AvgIpc) is 2.87. The number of aryl methyl sites for hydroxylation is 3. The molecule has 5 nitrogen and oxygen atoms in total. The third-order valence-electron chi connectivity index (χ3n) is 2.97. The van der Waals surface area contributed by atoms with Gasteiger partial charge < -0.3 is 5.32 Å². The van der Waals surface area contributed by atoms with Crippen molar-refractivity contribution >= 4 is 11.6 Å². The lowest BCUT2D eigenvalue weighted by molar-refractivity contribution is 0.566. The summed E-state index contributed by atoms with van der Waals surface area (Å²) in [7, 11) is 1.93. The monoisotopic (exact) mass is 267 g/mol. The topological polar surface area (TPSA) is 47.7 Å². The molecule has 0 atom stereocenters. The van der Waals surface area contributed by atoms with E-state index in [9.17, 15) is 0 Å². The Morgan fingerprint density at radius 3 is 2.78 bits per heavy atom. The zero-order valence-corrected chi connectivity index (χ0v) is 11.7. The van der Waals surface area contributed by atoms with Crippen molar-refractivity contribution in [2.24, 2.45) is 7.05 Å². The molecule has 0 amide bonds. The molecule has 0 aliphatic heterocycles. The van der Waals surface area contributed by atoms with Gasteiger partial charge in [-0.3, -0.25) is 9.36 Å². The van der Waals surface area contributed by atoms with Crippen LogP contribution in [0.4, 0.5) is 0 Å². The molecule has 0 unspecified atom stereocenters. The van der Waals surface area contributed by atoms with Gasteiger partial charge in [0.05, 0.1) is 22.1 Å². The van der Waals surface area contributed by atoms with Crippen LogP contribution in [0.25, 0.3) is 0 Å². The third-order valence-corrected chi connectivity index (χ3v) is 3.47. The van der Waals surface area contributed by atoms with E-state index in [2.05, 4.69) is 22.4 Å². The quantitative estimate of drug-likeness (QED) is 0.900. The van der Waals surface area contributed by atoms with E-state index < -0.39 is 0 Å². The Labute approximate surface area is 112 Å².